The molecule has 43 heavy (non-hydrogen) atoms. The molecule has 234 valence electrons. The van der Waals surface area contributed by atoms with E-state index in [0.717, 1.165) is 49.7 Å². The molecule has 0 amide bonds. The van der Waals surface area contributed by atoms with Crippen molar-refractivity contribution < 1.29 is 39.5 Å². The Hall–Kier alpha value is -3.45. The van der Waals surface area contributed by atoms with Crippen LogP contribution in [0.2, 0.25) is 0 Å². The summed E-state index contributed by atoms with van der Waals surface area (Å²) in [5.74, 6) is -5.02. The van der Waals surface area contributed by atoms with Crippen LogP contribution in [0, 0.1) is 12.3 Å². The van der Waals surface area contributed by atoms with Gasteiger partial charge in [0.2, 0.25) is 0 Å². The summed E-state index contributed by atoms with van der Waals surface area (Å²) in [6.07, 6.45) is 5.06. The van der Waals surface area contributed by atoms with Gasteiger partial charge in [0.05, 0.1) is 19.4 Å². The van der Waals surface area contributed by atoms with Crippen LogP contribution in [0.5, 0.6) is 0 Å². The Morgan fingerprint density at radius 3 is 2.35 bits per heavy atom. The molecule has 1 aliphatic heterocycles. The molecule has 0 aromatic carbocycles. The van der Waals surface area contributed by atoms with Crippen LogP contribution in [0.4, 0.5) is 0 Å². The van der Waals surface area contributed by atoms with Crippen LogP contribution >= 0.6 is 11.3 Å². The molecule has 1 saturated heterocycles. The highest BCUT2D eigenvalue weighted by atomic mass is 32.1. The number of nitrogens with zero attached hydrogens (tertiary/aromatic N) is 3. The van der Waals surface area contributed by atoms with Crippen molar-refractivity contribution in [1.82, 2.24) is 14.9 Å². The molecule has 11 nitrogen and oxygen atoms in total. The number of ether oxygens (including phenoxy) is 1. The predicted molar refractivity (Wildman–Crippen MR) is 162 cm³/mol. The van der Waals surface area contributed by atoms with E-state index in [1.807, 2.05) is 36.7 Å². The molecule has 0 bridgehead atoms. The van der Waals surface area contributed by atoms with Crippen LogP contribution in [0.3, 0.4) is 0 Å². The van der Waals surface area contributed by atoms with Crippen molar-refractivity contribution >= 4 is 39.5 Å². The van der Waals surface area contributed by atoms with Gasteiger partial charge in [0.15, 0.2) is 5.60 Å². The predicted octanol–water partition coefficient (Wildman–Crippen LogP) is 4.35. The first-order valence-electron chi connectivity index (χ1n) is 14.2. The topological polar surface area (TPSA) is 170 Å². The van der Waals surface area contributed by atoms with Gasteiger partial charge >= 0.3 is 17.9 Å². The van der Waals surface area contributed by atoms with Crippen molar-refractivity contribution in [2.24, 2.45) is 5.41 Å². The molecule has 4 N–H and O–H groups in total. The van der Waals surface area contributed by atoms with Crippen molar-refractivity contribution in [2.45, 2.75) is 70.9 Å². The van der Waals surface area contributed by atoms with Gasteiger partial charge in [-0.1, -0.05) is 12.1 Å². The van der Waals surface area contributed by atoms with Crippen molar-refractivity contribution in [3.8, 4) is 0 Å². The molecule has 1 fully saturated rings. The number of carboxylic acids is 3. The van der Waals surface area contributed by atoms with Gasteiger partial charge in [-0.05, 0) is 77.3 Å². The molecular weight excluding hydrogens is 574 g/mol. The number of pyridine rings is 2. The largest absolute Gasteiger partial charge is 0.481 e. The molecular formula is C31H41N3O8S. The molecule has 3 aromatic heterocycles. The van der Waals surface area contributed by atoms with Gasteiger partial charge in [0, 0.05) is 52.5 Å². The number of likely N-dealkylation sites (tertiary alicyclic amines) is 1. The highest BCUT2D eigenvalue weighted by Crippen LogP contribution is 2.42. The zero-order valence-corrected chi connectivity index (χ0v) is 25.9. The number of fused-ring (bicyclic) bond motifs is 1. The summed E-state index contributed by atoms with van der Waals surface area (Å²) in [5, 5.41) is 35.1. The number of hydrogen-bond donors (Lipinski definition) is 4. The highest BCUT2D eigenvalue weighted by molar-refractivity contribution is 7.18. The summed E-state index contributed by atoms with van der Waals surface area (Å²) in [4.78, 5) is 44.7. The number of carbonyl (C=O) groups is 3. The van der Waals surface area contributed by atoms with Crippen LogP contribution in [-0.2, 0) is 31.1 Å². The highest BCUT2D eigenvalue weighted by Gasteiger charge is 2.44. The first-order valence-corrected chi connectivity index (χ1v) is 15.0. The summed E-state index contributed by atoms with van der Waals surface area (Å²) >= 11 is 1.83. The molecule has 0 spiro atoms. The number of thiophene rings is 1. The average molecular weight is 616 g/mol. The minimum absolute atomic E-state index is 0.0316. The molecule has 0 unspecified atom stereocenters. The fourth-order valence-corrected chi connectivity index (χ4v) is 6.29. The second-order valence-electron chi connectivity index (χ2n) is 11.6. The molecule has 1 aliphatic rings. The van der Waals surface area contributed by atoms with Crippen LogP contribution in [0.15, 0.2) is 42.7 Å². The van der Waals surface area contributed by atoms with Crippen molar-refractivity contribution in [2.75, 3.05) is 26.3 Å². The zero-order valence-electron chi connectivity index (χ0n) is 25.1. The standard InChI is InChI=1S/C25H33N3OS.C6H8O7/c1-5-29-18-25(11-10-22-15-20-7-6-13-26-23(20)30-22)12-14-28(17-25)24(3,4)21-9-8-19(2)27-16-21;7-3(8)1-6(13,5(11)12)2-4(9)10/h6-9,13,15-16H,5,10-12,14,17-18H2,1-4H3;13H,1-2H2,(H,7,8)(H,9,10)(H,11,12)/t25-;/m0./s1. The quantitative estimate of drug-likeness (QED) is 0.216. The number of aliphatic carboxylic acids is 3. The summed E-state index contributed by atoms with van der Waals surface area (Å²) < 4.78 is 6.00. The molecule has 0 saturated carbocycles. The third-order valence-corrected chi connectivity index (χ3v) is 9.11. The fraction of sp³-hybridized carbons (Fsp3) is 0.516. The number of rotatable bonds is 13. The maximum absolute atomic E-state index is 10.3. The molecule has 4 heterocycles. The molecule has 4 rings (SSSR count). The lowest BCUT2D eigenvalue weighted by Gasteiger charge is -2.38. The lowest BCUT2D eigenvalue weighted by Crippen LogP contribution is -2.42. The molecule has 12 heteroatoms. The Morgan fingerprint density at radius 1 is 1.09 bits per heavy atom. The van der Waals surface area contributed by atoms with E-state index in [-0.39, 0.29) is 11.0 Å². The van der Waals surface area contributed by atoms with E-state index in [9.17, 15) is 14.4 Å². The van der Waals surface area contributed by atoms with Crippen molar-refractivity contribution in [3.63, 3.8) is 0 Å². The third-order valence-electron chi connectivity index (χ3n) is 7.99. The van der Waals surface area contributed by atoms with Gasteiger partial charge in [-0.3, -0.25) is 19.5 Å². The lowest BCUT2D eigenvalue weighted by atomic mass is 9.82. The average Bonchev–Trinajstić information content (AvgIpc) is 3.56. The Bertz CT molecular complexity index is 1360. The van der Waals surface area contributed by atoms with E-state index in [1.165, 1.54) is 22.2 Å². The van der Waals surface area contributed by atoms with E-state index in [1.54, 1.807) is 0 Å². The SMILES string of the molecule is CCOC[C@@]1(CCc2cc3cccnc3s2)CCN(C(C)(C)c2ccc(C)nc2)C1.O=C(O)CC(O)(CC(=O)O)C(=O)O. The van der Waals surface area contributed by atoms with Crippen LogP contribution in [0.25, 0.3) is 10.2 Å². The van der Waals surface area contributed by atoms with E-state index in [0.29, 0.717) is 0 Å². The number of aliphatic hydroxyl groups is 1. The zero-order chi connectivity index (χ0) is 31.8. The Morgan fingerprint density at radius 2 is 1.79 bits per heavy atom. The first kappa shape index (κ1) is 34.0. The number of aryl methyl sites for hydroxylation is 2. The summed E-state index contributed by atoms with van der Waals surface area (Å²) in [5.41, 5.74) is -0.210. The number of aromatic nitrogens is 2. The maximum Gasteiger partial charge on any atom is 0.336 e. The second-order valence-corrected chi connectivity index (χ2v) is 12.8. The molecule has 1 atom stereocenters. The van der Waals surface area contributed by atoms with Crippen LogP contribution < -0.4 is 0 Å². The Labute approximate surface area is 255 Å². The van der Waals surface area contributed by atoms with Crippen LogP contribution in [-0.4, -0.2) is 85.1 Å². The van der Waals surface area contributed by atoms with Crippen molar-refractivity contribution in [3.05, 3.63) is 58.9 Å². The summed E-state index contributed by atoms with van der Waals surface area (Å²) in [6, 6.07) is 10.8. The number of carboxylic acid groups (broad SMARTS) is 3. The minimum Gasteiger partial charge on any atom is -0.481 e. The van der Waals surface area contributed by atoms with Gasteiger partial charge < -0.3 is 25.2 Å². The molecule has 3 aromatic rings. The molecule has 0 aliphatic carbocycles. The first-order chi connectivity index (χ1) is 20.2. The molecule has 0 radical (unpaired) electrons. The second kappa shape index (κ2) is 14.3. The van der Waals surface area contributed by atoms with E-state index < -0.39 is 36.4 Å². The summed E-state index contributed by atoms with van der Waals surface area (Å²) in [7, 11) is 0. The van der Waals surface area contributed by atoms with Crippen molar-refractivity contribution in [1.29, 1.82) is 0 Å². The van der Waals surface area contributed by atoms with Gasteiger partial charge in [0.25, 0.3) is 0 Å². The van der Waals surface area contributed by atoms with Gasteiger partial charge in [-0.25, -0.2) is 9.78 Å². The van der Waals surface area contributed by atoms with Gasteiger partial charge in [0.1, 0.15) is 4.83 Å². The Kier molecular flexibility index (Phi) is 11.4. The summed E-state index contributed by atoms with van der Waals surface area (Å²) in [6.45, 7) is 12.6. The van der Waals surface area contributed by atoms with E-state index in [2.05, 4.69) is 59.9 Å². The van der Waals surface area contributed by atoms with Gasteiger partial charge in [-0.2, -0.15) is 0 Å². The van der Waals surface area contributed by atoms with E-state index in [4.69, 9.17) is 25.2 Å². The smallest absolute Gasteiger partial charge is 0.336 e. The Balaban J connectivity index is 0.000000331. The number of hydrogen-bond acceptors (Lipinski definition) is 9. The van der Waals surface area contributed by atoms with E-state index >= 15 is 0 Å². The van der Waals surface area contributed by atoms with Crippen LogP contribution in [0.1, 0.15) is 62.6 Å². The lowest BCUT2D eigenvalue weighted by molar-refractivity contribution is -0.170. The fourth-order valence-electron chi connectivity index (χ4n) is 5.29. The third kappa shape index (κ3) is 9.02. The minimum atomic E-state index is -2.74. The maximum atomic E-state index is 10.3. The normalized spacial score (nSPS) is 17.4. The van der Waals surface area contributed by atoms with Gasteiger partial charge in [-0.15, -0.1) is 11.3 Å². The monoisotopic (exact) mass is 615 g/mol.